The van der Waals surface area contributed by atoms with Crippen molar-refractivity contribution in [2.75, 3.05) is 13.2 Å². The number of rotatable bonds is 6. The summed E-state index contributed by atoms with van der Waals surface area (Å²) in [6.45, 7) is 0.0197. The molecule has 1 aliphatic rings. The summed E-state index contributed by atoms with van der Waals surface area (Å²) in [5.41, 5.74) is 5.70. The van der Waals surface area contributed by atoms with Crippen molar-refractivity contribution in [2.24, 2.45) is 11.7 Å². The second kappa shape index (κ2) is 6.90. The lowest BCUT2D eigenvalue weighted by atomic mass is 9.97. The zero-order chi connectivity index (χ0) is 17.0. The van der Waals surface area contributed by atoms with Crippen LogP contribution in [0.3, 0.4) is 0 Å². The number of hydrogen-bond acceptors (Lipinski definition) is 6. The van der Waals surface area contributed by atoms with Crippen LogP contribution in [0.4, 0.5) is 13.2 Å². The van der Waals surface area contributed by atoms with Gasteiger partial charge in [0.05, 0.1) is 6.04 Å². The Labute approximate surface area is 129 Å². The van der Waals surface area contributed by atoms with E-state index >= 15 is 0 Å². The Morgan fingerprint density at radius 2 is 2.26 bits per heavy atom. The third-order valence-corrected chi connectivity index (χ3v) is 3.36. The summed E-state index contributed by atoms with van der Waals surface area (Å²) in [6.07, 6.45) is -3.04. The second-order valence-corrected chi connectivity index (χ2v) is 5.09. The molecule has 1 aromatic rings. The number of alkyl halides is 3. The summed E-state index contributed by atoms with van der Waals surface area (Å²) < 4.78 is 42.3. The van der Waals surface area contributed by atoms with Gasteiger partial charge in [0.2, 0.25) is 17.6 Å². The van der Waals surface area contributed by atoms with Crippen LogP contribution in [0.2, 0.25) is 0 Å². The predicted molar refractivity (Wildman–Crippen MR) is 71.2 cm³/mol. The predicted octanol–water partition coefficient (Wildman–Crippen LogP) is 0.297. The fraction of sp³-hybridized carbons (Fsp3) is 0.538. The summed E-state index contributed by atoms with van der Waals surface area (Å²) >= 11 is 0. The average Bonchev–Trinajstić information content (AvgIpc) is 2.89. The molecule has 2 rings (SSSR count). The van der Waals surface area contributed by atoms with Crippen molar-refractivity contribution in [3.05, 3.63) is 18.1 Å². The molecule has 2 atom stereocenters. The van der Waals surface area contributed by atoms with E-state index < -0.39 is 30.4 Å². The fourth-order valence-corrected chi connectivity index (χ4v) is 2.12. The van der Waals surface area contributed by atoms with Crippen molar-refractivity contribution in [3.8, 4) is 5.88 Å². The highest BCUT2D eigenvalue weighted by Crippen LogP contribution is 2.26. The lowest BCUT2D eigenvalue weighted by Gasteiger charge is -2.14. The maximum atomic E-state index is 12.5. The molecule has 0 aromatic carbocycles. The van der Waals surface area contributed by atoms with Gasteiger partial charge in [-0.2, -0.15) is 18.2 Å². The van der Waals surface area contributed by atoms with Crippen LogP contribution in [0, 0.1) is 5.92 Å². The SMILES string of the molecule is NC(C[C@@H]1CCNC1=O)C(=O)COc1ccnc(C(F)(F)F)n1. The number of nitrogens with zero attached hydrogens (tertiary/aromatic N) is 2. The highest BCUT2D eigenvalue weighted by atomic mass is 19.4. The minimum absolute atomic E-state index is 0.153. The van der Waals surface area contributed by atoms with E-state index in [4.69, 9.17) is 10.5 Å². The standard InChI is InChI=1S/C13H15F3N4O3/c14-13(15,16)12-19-4-2-10(20-12)23-6-9(21)8(17)5-7-1-3-18-11(7)22/h2,4,7-8H,1,3,5-6,17H2,(H,18,22)/t7-,8?/m0/s1. The van der Waals surface area contributed by atoms with Gasteiger partial charge in [0, 0.05) is 24.7 Å². The number of ketones is 1. The number of amides is 1. The topological polar surface area (TPSA) is 107 Å². The Bertz CT molecular complexity index is 594. The molecule has 1 aromatic heterocycles. The number of aromatic nitrogens is 2. The van der Waals surface area contributed by atoms with Crippen LogP contribution in [0.15, 0.2) is 12.3 Å². The van der Waals surface area contributed by atoms with Gasteiger partial charge in [-0.05, 0) is 12.8 Å². The van der Waals surface area contributed by atoms with E-state index in [0.29, 0.717) is 13.0 Å². The van der Waals surface area contributed by atoms with E-state index in [1.807, 2.05) is 0 Å². The molecule has 0 saturated carbocycles. The molecule has 10 heteroatoms. The third kappa shape index (κ3) is 4.62. The van der Waals surface area contributed by atoms with E-state index in [2.05, 4.69) is 15.3 Å². The average molecular weight is 332 g/mol. The van der Waals surface area contributed by atoms with Crippen molar-refractivity contribution >= 4 is 11.7 Å². The molecule has 1 aliphatic heterocycles. The van der Waals surface area contributed by atoms with Gasteiger partial charge < -0.3 is 15.8 Å². The summed E-state index contributed by atoms with van der Waals surface area (Å²) in [7, 11) is 0. The Balaban J connectivity index is 1.87. The molecule has 7 nitrogen and oxygen atoms in total. The molecule has 3 N–H and O–H groups in total. The van der Waals surface area contributed by atoms with Gasteiger partial charge in [0.15, 0.2) is 5.78 Å². The Hall–Kier alpha value is -2.23. The number of carbonyl (C=O) groups is 2. The minimum atomic E-state index is -4.70. The summed E-state index contributed by atoms with van der Waals surface area (Å²) in [4.78, 5) is 29.5. The first-order valence-electron chi connectivity index (χ1n) is 6.86. The molecule has 0 radical (unpaired) electrons. The van der Waals surface area contributed by atoms with Crippen molar-refractivity contribution in [1.29, 1.82) is 0 Å². The molecule has 1 saturated heterocycles. The molecule has 1 amide bonds. The molecule has 23 heavy (non-hydrogen) atoms. The zero-order valence-corrected chi connectivity index (χ0v) is 12.0. The highest BCUT2D eigenvalue weighted by Gasteiger charge is 2.35. The monoisotopic (exact) mass is 332 g/mol. The van der Waals surface area contributed by atoms with Crippen molar-refractivity contribution in [2.45, 2.75) is 25.1 Å². The Morgan fingerprint density at radius 3 is 2.87 bits per heavy atom. The van der Waals surface area contributed by atoms with Gasteiger partial charge in [-0.15, -0.1) is 0 Å². The van der Waals surface area contributed by atoms with Crippen LogP contribution < -0.4 is 15.8 Å². The van der Waals surface area contributed by atoms with Gasteiger partial charge in [-0.1, -0.05) is 0 Å². The summed E-state index contributed by atoms with van der Waals surface area (Å²) in [5.74, 6) is -2.72. The number of ether oxygens (including phenoxy) is 1. The van der Waals surface area contributed by atoms with Crippen LogP contribution in [0.25, 0.3) is 0 Å². The van der Waals surface area contributed by atoms with Gasteiger partial charge >= 0.3 is 6.18 Å². The first kappa shape index (κ1) is 17.1. The molecular formula is C13H15F3N4O3. The maximum Gasteiger partial charge on any atom is 0.451 e. The molecule has 0 aliphatic carbocycles. The molecule has 0 bridgehead atoms. The van der Waals surface area contributed by atoms with Gasteiger partial charge in [-0.25, -0.2) is 4.98 Å². The van der Waals surface area contributed by atoms with Crippen LogP contribution in [0.1, 0.15) is 18.7 Å². The number of carbonyl (C=O) groups excluding carboxylic acids is 2. The van der Waals surface area contributed by atoms with E-state index in [0.717, 1.165) is 12.3 Å². The third-order valence-electron chi connectivity index (χ3n) is 3.36. The second-order valence-electron chi connectivity index (χ2n) is 5.09. The van der Waals surface area contributed by atoms with Gasteiger partial charge in [0.1, 0.15) is 6.61 Å². The van der Waals surface area contributed by atoms with Crippen molar-refractivity contribution in [1.82, 2.24) is 15.3 Å². The first-order chi connectivity index (χ1) is 10.8. The number of nitrogens with one attached hydrogen (secondary N) is 1. The summed E-state index contributed by atoms with van der Waals surface area (Å²) in [5, 5.41) is 2.63. The van der Waals surface area contributed by atoms with Crippen LogP contribution in [0.5, 0.6) is 5.88 Å². The van der Waals surface area contributed by atoms with Crippen LogP contribution in [-0.2, 0) is 15.8 Å². The number of halogens is 3. The lowest BCUT2D eigenvalue weighted by Crippen LogP contribution is -2.37. The van der Waals surface area contributed by atoms with Gasteiger partial charge in [-0.3, -0.25) is 9.59 Å². The molecule has 126 valence electrons. The smallest absolute Gasteiger partial charge is 0.451 e. The quantitative estimate of drug-likeness (QED) is 0.776. The van der Waals surface area contributed by atoms with E-state index in [1.54, 1.807) is 0 Å². The van der Waals surface area contributed by atoms with E-state index in [1.165, 1.54) is 0 Å². The zero-order valence-electron chi connectivity index (χ0n) is 12.0. The summed E-state index contributed by atoms with van der Waals surface area (Å²) in [6, 6.07) is 0.186. The van der Waals surface area contributed by atoms with Crippen molar-refractivity contribution in [3.63, 3.8) is 0 Å². The van der Waals surface area contributed by atoms with E-state index in [9.17, 15) is 22.8 Å². The first-order valence-corrected chi connectivity index (χ1v) is 6.86. The largest absolute Gasteiger partial charge is 0.470 e. The molecular weight excluding hydrogens is 317 g/mol. The number of Topliss-reactive ketones (excluding diaryl/α,β-unsaturated/α-hetero) is 1. The van der Waals surface area contributed by atoms with Crippen LogP contribution >= 0.6 is 0 Å². The Kier molecular flexibility index (Phi) is 5.14. The normalized spacial score (nSPS) is 19.3. The Morgan fingerprint density at radius 1 is 1.52 bits per heavy atom. The molecule has 1 unspecified atom stereocenters. The highest BCUT2D eigenvalue weighted by molar-refractivity contribution is 5.87. The minimum Gasteiger partial charge on any atom is -0.470 e. The molecule has 1 fully saturated rings. The van der Waals surface area contributed by atoms with E-state index in [-0.39, 0.29) is 24.1 Å². The van der Waals surface area contributed by atoms with Crippen LogP contribution in [-0.4, -0.2) is 40.9 Å². The van der Waals surface area contributed by atoms with Gasteiger partial charge in [0.25, 0.3) is 0 Å². The van der Waals surface area contributed by atoms with Crippen molar-refractivity contribution < 1.29 is 27.5 Å². The number of hydrogen-bond donors (Lipinski definition) is 2. The molecule has 0 spiro atoms. The lowest BCUT2D eigenvalue weighted by molar-refractivity contribution is -0.145. The number of nitrogens with two attached hydrogens (primary N) is 1. The fourth-order valence-electron chi connectivity index (χ4n) is 2.12. The molecule has 2 heterocycles. The maximum absolute atomic E-state index is 12.5.